The highest BCUT2D eigenvalue weighted by molar-refractivity contribution is 6.16. The molecule has 0 N–H and O–H groups in total. The molecule has 0 atom stereocenters. The van der Waals surface area contributed by atoms with Crippen LogP contribution < -0.4 is 4.90 Å². The summed E-state index contributed by atoms with van der Waals surface area (Å²) in [5, 5.41) is 4.64. The fourth-order valence-electron chi connectivity index (χ4n) is 9.97. The molecule has 2 heteroatoms. The minimum Gasteiger partial charge on any atom is -0.456 e. The van der Waals surface area contributed by atoms with Crippen LogP contribution in [-0.2, 0) is 10.8 Å². The summed E-state index contributed by atoms with van der Waals surface area (Å²) in [5.41, 5.74) is 18.6. The lowest BCUT2D eigenvalue weighted by molar-refractivity contribution is 0.590. The number of nitrogens with zero attached hydrogens (tertiary/aromatic N) is 1. The highest BCUT2D eigenvalue weighted by atomic mass is 16.3. The standard InChI is InChI=1S/C59H47NO/c1-58(2,3)40-31-35-52(48(36-40)38-18-7-6-8-19-38)60(41-32-33-51-49(37-41)44-23-13-15-27-50(44)59(51,4)5)53-34-30-39-20-9-10-21-42(39)56(53)45-24-12-11-22-43(45)46-26-17-29-55-57(46)47-25-14-16-28-54(47)61-55/h6-37H,1-5H3. The molecule has 1 aromatic heterocycles. The van der Waals surface area contributed by atoms with Gasteiger partial charge in [-0.1, -0.05) is 186 Å². The molecule has 0 saturated heterocycles. The lowest BCUT2D eigenvalue weighted by Gasteiger charge is -2.33. The smallest absolute Gasteiger partial charge is 0.136 e. The van der Waals surface area contributed by atoms with Gasteiger partial charge in [-0.05, 0) is 109 Å². The maximum Gasteiger partial charge on any atom is 0.136 e. The number of rotatable bonds is 6. The van der Waals surface area contributed by atoms with Crippen molar-refractivity contribution in [2.24, 2.45) is 0 Å². The van der Waals surface area contributed by atoms with E-state index in [1.807, 2.05) is 6.07 Å². The Bertz CT molecular complexity index is 3320. The van der Waals surface area contributed by atoms with Crippen LogP contribution in [0.15, 0.2) is 199 Å². The summed E-state index contributed by atoms with van der Waals surface area (Å²) in [6.45, 7) is 11.6. The largest absolute Gasteiger partial charge is 0.456 e. The number of hydrogen-bond donors (Lipinski definition) is 0. The van der Waals surface area contributed by atoms with E-state index in [0.29, 0.717) is 0 Å². The third kappa shape index (κ3) is 5.92. The molecule has 9 aromatic carbocycles. The van der Waals surface area contributed by atoms with Crippen molar-refractivity contribution in [2.75, 3.05) is 4.90 Å². The van der Waals surface area contributed by atoms with Crippen LogP contribution in [0.25, 0.3) is 77.2 Å². The van der Waals surface area contributed by atoms with Gasteiger partial charge in [0.2, 0.25) is 0 Å². The molecule has 294 valence electrons. The molecule has 1 aliphatic rings. The quantitative estimate of drug-likeness (QED) is 0.167. The molecule has 0 bridgehead atoms. The van der Waals surface area contributed by atoms with Crippen molar-refractivity contribution in [3.8, 4) is 44.5 Å². The molecule has 10 aromatic rings. The maximum atomic E-state index is 6.46. The summed E-state index contributed by atoms with van der Waals surface area (Å²) in [6, 6.07) is 71.4. The van der Waals surface area contributed by atoms with Gasteiger partial charge in [-0.25, -0.2) is 0 Å². The Kier molecular flexibility index (Phi) is 8.44. The Labute approximate surface area is 358 Å². The molecular weight excluding hydrogens is 739 g/mol. The summed E-state index contributed by atoms with van der Waals surface area (Å²) >= 11 is 0. The van der Waals surface area contributed by atoms with E-state index >= 15 is 0 Å². The van der Waals surface area contributed by atoms with Crippen LogP contribution in [0.3, 0.4) is 0 Å². The molecule has 0 spiro atoms. The molecule has 1 heterocycles. The van der Waals surface area contributed by atoms with Crippen LogP contribution >= 0.6 is 0 Å². The zero-order valence-corrected chi connectivity index (χ0v) is 35.3. The molecule has 0 radical (unpaired) electrons. The monoisotopic (exact) mass is 785 g/mol. The maximum absolute atomic E-state index is 6.46. The summed E-state index contributed by atoms with van der Waals surface area (Å²) in [7, 11) is 0. The number of fused-ring (bicyclic) bond motifs is 7. The SMILES string of the molecule is CC(C)(C)c1ccc(N(c2ccc3c(c2)-c2ccccc2C3(C)C)c2ccc3ccccc3c2-c2ccccc2-c2cccc3oc4ccccc4c23)c(-c2ccccc2)c1. The lowest BCUT2D eigenvalue weighted by atomic mass is 9.82. The van der Waals surface area contributed by atoms with E-state index in [2.05, 4.69) is 228 Å². The van der Waals surface area contributed by atoms with Crippen molar-refractivity contribution in [1.82, 2.24) is 0 Å². The molecule has 1 aliphatic carbocycles. The van der Waals surface area contributed by atoms with Gasteiger partial charge in [0, 0.05) is 33.0 Å². The molecule has 61 heavy (non-hydrogen) atoms. The normalized spacial score (nSPS) is 13.1. The van der Waals surface area contributed by atoms with E-state index in [1.165, 1.54) is 55.3 Å². The molecule has 0 aliphatic heterocycles. The second kappa shape index (κ2) is 14.0. The predicted molar refractivity (Wildman–Crippen MR) is 258 cm³/mol. The van der Waals surface area contributed by atoms with Crippen molar-refractivity contribution in [3.63, 3.8) is 0 Å². The van der Waals surface area contributed by atoms with Crippen LogP contribution in [0.4, 0.5) is 17.1 Å². The Morgan fingerprint density at radius 2 is 1.08 bits per heavy atom. The average molecular weight is 786 g/mol. The third-order valence-electron chi connectivity index (χ3n) is 13.1. The Balaban J connectivity index is 1.25. The number of furan rings is 1. The first-order valence-corrected chi connectivity index (χ1v) is 21.4. The van der Waals surface area contributed by atoms with E-state index < -0.39 is 0 Å². The van der Waals surface area contributed by atoms with Gasteiger partial charge in [-0.15, -0.1) is 0 Å². The van der Waals surface area contributed by atoms with Gasteiger partial charge in [0.25, 0.3) is 0 Å². The molecule has 11 rings (SSSR count). The Morgan fingerprint density at radius 3 is 1.90 bits per heavy atom. The number of hydrogen-bond acceptors (Lipinski definition) is 2. The molecule has 0 fully saturated rings. The highest BCUT2D eigenvalue weighted by Gasteiger charge is 2.36. The van der Waals surface area contributed by atoms with Gasteiger partial charge >= 0.3 is 0 Å². The van der Waals surface area contributed by atoms with Crippen molar-refractivity contribution in [3.05, 3.63) is 211 Å². The predicted octanol–water partition coefficient (Wildman–Crippen LogP) is 16.8. The Morgan fingerprint density at radius 1 is 0.443 bits per heavy atom. The van der Waals surface area contributed by atoms with Gasteiger partial charge in [-0.3, -0.25) is 0 Å². The van der Waals surface area contributed by atoms with Gasteiger partial charge in [0.15, 0.2) is 0 Å². The molecule has 0 unspecified atom stereocenters. The van der Waals surface area contributed by atoms with Crippen molar-refractivity contribution < 1.29 is 4.42 Å². The van der Waals surface area contributed by atoms with E-state index in [4.69, 9.17) is 4.42 Å². The van der Waals surface area contributed by atoms with Gasteiger partial charge in [-0.2, -0.15) is 0 Å². The lowest BCUT2D eigenvalue weighted by Crippen LogP contribution is -2.17. The van der Waals surface area contributed by atoms with Crippen LogP contribution in [0.2, 0.25) is 0 Å². The van der Waals surface area contributed by atoms with Gasteiger partial charge in [0.05, 0.1) is 11.4 Å². The fraction of sp³-hybridized carbons (Fsp3) is 0.119. The van der Waals surface area contributed by atoms with Crippen molar-refractivity contribution >= 4 is 49.8 Å². The highest BCUT2D eigenvalue weighted by Crippen LogP contribution is 2.54. The summed E-state index contributed by atoms with van der Waals surface area (Å²) in [5.74, 6) is 0. The summed E-state index contributed by atoms with van der Waals surface area (Å²) in [4.78, 5) is 2.54. The van der Waals surface area contributed by atoms with Crippen molar-refractivity contribution in [1.29, 1.82) is 0 Å². The average Bonchev–Trinajstić information content (AvgIpc) is 3.78. The zero-order chi connectivity index (χ0) is 41.5. The van der Waals surface area contributed by atoms with E-state index in [9.17, 15) is 0 Å². The van der Waals surface area contributed by atoms with Gasteiger partial charge in [0.1, 0.15) is 11.2 Å². The first-order chi connectivity index (χ1) is 29.7. The second-order valence-electron chi connectivity index (χ2n) is 18.1. The minimum atomic E-state index is -0.107. The minimum absolute atomic E-state index is 0.0406. The number of para-hydroxylation sites is 1. The first-order valence-electron chi connectivity index (χ1n) is 21.4. The second-order valence-corrected chi connectivity index (χ2v) is 18.1. The van der Waals surface area contributed by atoms with Crippen molar-refractivity contribution in [2.45, 2.75) is 45.4 Å². The zero-order valence-electron chi connectivity index (χ0n) is 35.3. The van der Waals surface area contributed by atoms with Crippen LogP contribution in [0.5, 0.6) is 0 Å². The van der Waals surface area contributed by atoms with Gasteiger partial charge < -0.3 is 9.32 Å². The molecule has 2 nitrogen and oxygen atoms in total. The fourth-order valence-corrected chi connectivity index (χ4v) is 9.97. The van der Waals surface area contributed by atoms with E-state index in [-0.39, 0.29) is 10.8 Å². The van der Waals surface area contributed by atoms with E-state index in [0.717, 1.165) is 55.7 Å². The third-order valence-corrected chi connectivity index (χ3v) is 13.1. The van der Waals surface area contributed by atoms with Crippen LogP contribution in [-0.4, -0.2) is 0 Å². The van der Waals surface area contributed by atoms with Crippen LogP contribution in [0, 0.1) is 0 Å². The van der Waals surface area contributed by atoms with E-state index in [1.54, 1.807) is 0 Å². The Hall–Kier alpha value is -7.16. The topological polar surface area (TPSA) is 16.4 Å². The molecule has 0 amide bonds. The summed E-state index contributed by atoms with van der Waals surface area (Å²) in [6.07, 6.45) is 0. The number of anilines is 3. The number of benzene rings is 9. The first kappa shape index (κ1) is 36.9. The molecular formula is C59H47NO. The summed E-state index contributed by atoms with van der Waals surface area (Å²) < 4.78 is 6.46. The van der Waals surface area contributed by atoms with Crippen LogP contribution in [0.1, 0.15) is 51.3 Å². The molecule has 0 saturated carbocycles.